The number of nitrogens with one attached hydrogen (secondary N) is 1. The number of carbonyl (C=O) groups excluding carboxylic acids is 1. The molecule has 2 unspecified atom stereocenters. The van der Waals surface area contributed by atoms with Gasteiger partial charge in [0.15, 0.2) is 5.78 Å². The van der Waals surface area contributed by atoms with E-state index in [9.17, 15) is 18.0 Å². The van der Waals surface area contributed by atoms with E-state index in [1.165, 1.54) is 25.1 Å². The summed E-state index contributed by atoms with van der Waals surface area (Å²) >= 11 is 0. The van der Waals surface area contributed by atoms with Crippen LogP contribution in [0.15, 0.2) is 30.5 Å². The first-order chi connectivity index (χ1) is 12.3. The number of halogens is 3. The third kappa shape index (κ3) is 3.02. The monoisotopic (exact) mass is 362 g/mol. The highest BCUT2D eigenvalue weighted by Gasteiger charge is 2.41. The van der Waals surface area contributed by atoms with Gasteiger partial charge in [0.05, 0.1) is 0 Å². The summed E-state index contributed by atoms with van der Waals surface area (Å²) in [6, 6.07) is 5.67. The van der Waals surface area contributed by atoms with Crippen LogP contribution in [0, 0.1) is 0 Å². The zero-order valence-corrected chi connectivity index (χ0v) is 14.1. The Balaban J connectivity index is 1.68. The molecule has 2 bridgehead atoms. The van der Waals surface area contributed by atoms with E-state index in [2.05, 4.69) is 15.0 Å². The number of anilines is 2. The number of aromatic nitrogens is 1. The first kappa shape index (κ1) is 16.9. The van der Waals surface area contributed by atoms with Crippen molar-refractivity contribution in [3.05, 3.63) is 47.2 Å². The third-order valence-electron chi connectivity index (χ3n) is 5.12. The highest BCUT2D eigenvalue weighted by Crippen LogP contribution is 2.56. The molecule has 1 N–H and O–H groups in total. The van der Waals surface area contributed by atoms with Gasteiger partial charge in [0.1, 0.15) is 11.6 Å². The van der Waals surface area contributed by atoms with E-state index in [1.807, 2.05) is 0 Å². The summed E-state index contributed by atoms with van der Waals surface area (Å²) in [5.41, 5.74) is 3.22. The molecule has 136 valence electrons. The fourth-order valence-electron chi connectivity index (χ4n) is 4.19. The Labute approximate surface area is 148 Å². The second kappa shape index (κ2) is 6.00. The fraction of sp³-hybridized carbons (Fsp3) is 0.368. The van der Waals surface area contributed by atoms with Crippen molar-refractivity contribution in [2.45, 2.75) is 44.4 Å². The van der Waals surface area contributed by atoms with Crippen molar-refractivity contribution >= 4 is 17.3 Å². The van der Waals surface area contributed by atoms with Crippen LogP contribution >= 0.6 is 0 Å². The van der Waals surface area contributed by atoms with Gasteiger partial charge in [-0.1, -0.05) is 6.07 Å². The molecular formula is C19H17F3N2O2. The lowest BCUT2D eigenvalue weighted by molar-refractivity contribution is -0.274. The summed E-state index contributed by atoms with van der Waals surface area (Å²) in [4.78, 5) is 16.3. The molecule has 4 nitrogen and oxygen atoms in total. The minimum atomic E-state index is -4.74. The van der Waals surface area contributed by atoms with Crippen LogP contribution < -0.4 is 10.1 Å². The van der Waals surface area contributed by atoms with E-state index in [4.69, 9.17) is 0 Å². The zero-order valence-electron chi connectivity index (χ0n) is 14.1. The van der Waals surface area contributed by atoms with Crippen molar-refractivity contribution in [3.8, 4) is 5.75 Å². The fourth-order valence-corrected chi connectivity index (χ4v) is 4.19. The predicted molar refractivity (Wildman–Crippen MR) is 90.0 cm³/mol. The molecule has 0 spiro atoms. The highest BCUT2D eigenvalue weighted by molar-refractivity contribution is 5.96. The number of nitrogens with zero attached hydrogens (tertiary/aromatic N) is 1. The maximum atomic E-state index is 12.4. The van der Waals surface area contributed by atoms with Crippen LogP contribution in [0.5, 0.6) is 5.75 Å². The Kier molecular flexibility index (Phi) is 3.89. The molecule has 0 saturated heterocycles. The Hall–Kier alpha value is -2.57. The van der Waals surface area contributed by atoms with Crippen LogP contribution in [0.4, 0.5) is 24.7 Å². The molecule has 2 aliphatic carbocycles. The number of Topliss-reactive ketones (excluding diaryl/α,β-unsaturated/α-hetero) is 1. The number of ether oxygens (including phenoxy) is 1. The number of carbonyl (C=O) groups is 1. The lowest BCUT2D eigenvalue weighted by atomic mass is 9.88. The van der Waals surface area contributed by atoms with Crippen LogP contribution in [-0.4, -0.2) is 17.1 Å². The molecule has 1 heterocycles. The Morgan fingerprint density at radius 1 is 1.23 bits per heavy atom. The maximum Gasteiger partial charge on any atom is 0.573 e. The highest BCUT2D eigenvalue weighted by atomic mass is 19.4. The van der Waals surface area contributed by atoms with Gasteiger partial charge in [0, 0.05) is 29.1 Å². The molecule has 1 fully saturated rings. The van der Waals surface area contributed by atoms with Crippen molar-refractivity contribution in [2.75, 3.05) is 5.32 Å². The third-order valence-corrected chi connectivity index (χ3v) is 5.12. The van der Waals surface area contributed by atoms with Gasteiger partial charge >= 0.3 is 6.36 Å². The van der Waals surface area contributed by atoms with E-state index in [0.717, 1.165) is 30.4 Å². The van der Waals surface area contributed by atoms with Gasteiger partial charge in [-0.15, -0.1) is 13.2 Å². The number of benzene rings is 1. The standard InChI is InChI=1S/C19H17F3N2O2/c1-10(25)15-9-23-18(17-12-6-5-11(7-12)16(15)17)24-13-3-2-4-14(8-13)26-19(20,21)22/h2-4,8-9,11-12H,5-7H2,1H3,(H,23,24). The van der Waals surface area contributed by atoms with E-state index in [-0.39, 0.29) is 11.5 Å². The number of pyridine rings is 1. The van der Waals surface area contributed by atoms with Crippen molar-refractivity contribution in [1.29, 1.82) is 0 Å². The first-order valence-corrected chi connectivity index (χ1v) is 8.48. The average Bonchev–Trinajstić information content (AvgIpc) is 3.15. The SMILES string of the molecule is CC(=O)c1cnc(Nc2cccc(OC(F)(F)F)c2)c2c1C1CCC2C1. The van der Waals surface area contributed by atoms with Crippen LogP contribution in [0.2, 0.25) is 0 Å². The predicted octanol–water partition coefficient (Wildman–Crippen LogP) is 5.29. The lowest BCUT2D eigenvalue weighted by Crippen LogP contribution is -2.17. The summed E-state index contributed by atoms with van der Waals surface area (Å²) < 4.78 is 41.2. The number of alkyl halides is 3. The minimum absolute atomic E-state index is 0.00609. The Morgan fingerprint density at radius 3 is 2.65 bits per heavy atom. The molecule has 0 aliphatic heterocycles. The number of hydrogen-bond acceptors (Lipinski definition) is 4. The van der Waals surface area contributed by atoms with E-state index in [0.29, 0.717) is 28.9 Å². The molecule has 1 aromatic carbocycles. The normalized spacial score (nSPS) is 20.8. The van der Waals surface area contributed by atoms with Crippen LogP contribution in [0.1, 0.15) is 59.5 Å². The van der Waals surface area contributed by atoms with Crippen molar-refractivity contribution in [3.63, 3.8) is 0 Å². The average molecular weight is 362 g/mol. The molecule has 7 heteroatoms. The topological polar surface area (TPSA) is 51.2 Å². The van der Waals surface area contributed by atoms with Crippen LogP contribution in [0.25, 0.3) is 0 Å². The number of hydrogen-bond donors (Lipinski definition) is 1. The summed E-state index contributed by atoms with van der Waals surface area (Å²) in [5.74, 6) is 1.03. The first-order valence-electron chi connectivity index (χ1n) is 8.48. The van der Waals surface area contributed by atoms with Crippen molar-refractivity contribution in [2.24, 2.45) is 0 Å². The van der Waals surface area contributed by atoms with Crippen molar-refractivity contribution < 1.29 is 22.7 Å². The van der Waals surface area contributed by atoms with Gasteiger partial charge in [-0.05, 0) is 55.7 Å². The summed E-state index contributed by atoms with van der Waals surface area (Å²) in [6.07, 6.45) is -0.0448. The van der Waals surface area contributed by atoms with Gasteiger partial charge < -0.3 is 10.1 Å². The Bertz CT molecular complexity index is 880. The number of ketones is 1. The van der Waals surface area contributed by atoms with Gasteiger partial charge in [-0.25, -0.2) is 4.98 Å². The van der Waals surface area contributed by atoms with Crippen molar-refractivity contribution in [1.82, 2.24) is 4.98 Å². The molecule has 0 radical (unpaired) electrons. The van der Waals surface area contributed by atoms with E-state index in [1.54, 1.807) is 12.3 Å². The minimum Gasteiger partial charge on any atom is -0.406 e. The second-order valence-corrected chi connectivity index (χ2v) is 6.81. The summed E-state index contributed by atoms with van der Waals surface area (Å²) in [5, 5.41) is 3.11. The summed E-state index contributed by atoms with van der Waals surface area (Å²) in [7, 11) is 0. The molecule has 2 aliphatic rings. The molecule has 26 heavy (non-hydrogen) atoms. The maximum absolute atomic E-state index is 12.4. The number of rotatable bonds is 4. The molecule has 2 atom stereocenters. The quantitative estimate of drug-likeness (QED) is 0.751. The van der Waals surface area contributed by atoms with E-state index < -0.39 is 6.36 Å². The summed E-state index contributed by atoms with van der Waals surface area (Å²) in [6.45, 7) is 1.54. The van der Waals surface area contributed by atoms with Gasteiger partial charge in [-0.2, -0.15) is 0 Å². The lowest BCUT2D eigenvalue weighted by Gasteiger charge is -2.21. The molecule has 1 aromatic heterocycles. The van der Waals surface area contributed by atoms with Gasteiger partial charge in [-0.3, -0.25) is 4.79 Å². The smallest absolute Gasteiger partial charge is 0.406 e. The van der Waals surface area contributed by atoms with E-state index >= 15 is 0 Å². The number of fused-ring (bicyclic) bond motifs is 5. The second-order valence-electron chi connectivity index (χ2n) is 6.81. The Morgan fingerprint density at radius 2 is 1.96 bits per heavy atom. The van der Waals surface area contributed by atoms with Gasteiger partial charge in [0.25, 0.3) is 0 Å². The largest absolute Gasteiger partial charge is 0.573 e. The zero-order chi connectivity index (χ0) is 18.5. The molecule has 1 saturated carbocycles. The molecular weight excluding hydrogens is 345 g/mol. The molecule has 0 amide bonds. The molecule has 4 rings (SSSR count). The van der Waals surface area contributed by atoms with Crippen LogP contribution in [0.3, 0.4) is 0 Å². The van der Waals surface area contributed by atoms with Gasteiger partial charge in [0.2, 0.25) is 0 Å². The van der Waals surface area contributed by atoms with Crippen LogP contribution in [-0.2, 0) is 0 Å². The molecule has 2 aromatic rings.